The molecule has 0 amide bonds. The molecule has 0 aromatic rings. The Morgan fingerprint density at radius 3 is 1.17 bits per heavy atom. The number of rotatable bonds is 31. The summed E-state index contributed by atoms with van der Waals surface area (Å²) in [5, 5.41) is 0. The van der Waals surface area contributed by atoms with Crippen LogP contribution in [0.3, 0.4) is 0 Å². The van der Waals surface area contributed by atoms with E-state index in [0.717, 1.165) is 37.5 Å². The highest BCUT2D eigenvalue weighted by molar-refractivity contribution is 4.95. The van der Waals surface area contributed by atoms with E-state index < -0.39 is 0 Å². The van der Waals surface area contributed by atoms with Crippen molar-refractivity contribution in [3.63, 3.8) is 0 Å². The SMILES string of the molecule is CCCCC/C=C\C/C=C\CCCCCCCCC1(CCCCCCCC/C=C\C/C=C\CCCCC)O[C@H]2C[C@@H](C(C)C)C[C@H]2O1. The van der Waals surface area contributed by atoms with Crippen LogP contribution in [0.5, 0.6) is 0 Å². The smallest absolute Gasteiger partial charge is 0.169 e. The van der Waals surface area contributed by atoms with Crippen molar-refractivity contribution in [2.45, 2.75) is 225 Å². The summed E-state index contributed by atoms with van der Waals surface area (Å²) in [6.07, 6.45) is 55.4. The molecule has 2 aliphatic rings. The van der Waals surface area contributed by atoms with Crippen LogP contribution in [-0.4, -0.2) is 18.0 Å². The Kier molecular flexibility index (Phi) is 25.7. The number of ether oxygens (including phenoxy) is 2. The topological polar surface area (TPSA) is 18.5 Å². The van der Waals surface area contributed by atoms with Crippen LogP contribution in [0.25, 0.3) is 0 Å². The highest BCUT2D eigenvalue weighted by atomic mass is 16.8. The van der Waals surface area contributed by atoms with Crippen molar-refractivity contribution in [2.24, 2.45) is 11.8 Å². The maximum atomic E-state index is 6.85. The maximum absolute atomic E-state index is 6.85. The molecule has 47 heavy (non-hydrogen) atoms. The van der Waals surface area contributed by atoms with Gasteiger partial charge in [0.25, 0.3) is 0 Å². The zero-order valence-electron chi connectivity index (χ0n) is 32.0. The second-order valence-corrected chi connectivity index (χ2v) is 15.4. The fourth-order valence-corrected chi connectivity index (χ4v) is 7.49. The third-order valence-electron chi connectivity index (χ3n) is 10.7. The maximum Gasteiger partial charge on any atom is 0.169 e. The summed E-state index contributed by atoms with van der Waals surface area (Å²) in [5.74, 6) is 1.22. The summed E-state index contributed by atoms with van der Waals surface area (Å²) < 4.78 is 13.7. The number of hydrogen-bond donors (Lipinski definition) is 0. The Balaban J connectivity index is 1.55. The minimum absolute atomic E-state index is 0.290. The summed E-state index contributed by atoms with van der Waals surface area (Å²) in [4.78, 5) is 0. The Morgan fingerprint density at radius 2 is 0.809 bits per heavy atom. The molecule has 1 aliphatic heterocycles. The lowest BCUT2D eigenvalue weighted by Crippen LogP contribution is -2.32. The Hall–Kier alpha value is -1.12. The Labute approximate surface area is 294 Å². The molecule has 2 nitrogen and oxygen atoms in total. The van der Waals surface area contributed by atoms with Crippen molar-refractivity contribution < 1.29 is 9.47 Å². The lowest BCUT2D eigenvalue weighted by Gasteiger charge is -2.30. The van der Waals surface area contributed by atoms with Gasteiger partial charge in [-0.15, -0.1) is 0 Å². The molecule has 2 heteroatoms. The molecule has 1 saturated carbocycles. The summed E-state index contributed by atoms with van der Waals surface area (Å²) in [7, 11) is 0. The average molecular weight is 653 g/mol. The van der Waals surface area contributed by atoms with Crippen LogP contribution in [0.1, 0.15) is 207 Å². The molecule has 0 aromatic heterocycles. The van der Waals surface area contributed by atoms with E-state index in [9.17, 15) is 0 Å². The molecule has 0 spiro atoms. The summed E-state index contributed by atoms with van der Waals surface area (Å²) in [6, 6.07) is 0. The summed E-state index contributed by atoms with van der Waals surface area (Å²) in [6.45, 7) is 9.28. The van der Waals surface area contributed by atoms with Crippen LogP contribution in [0.2, 0.25) is 0 Å². The number of allylic oxidation sites excluding steroid dienone is 8. The fourth-order valence-electron chi connectivity index (χ4n) is 7.49. The van der Waals surface area contributed by atoms with Gasteiger partial charge in [0.1, 0.15) is 0 Å². The van der Waals surface area contributed by atoms with E-state index >= 15 is 0 Å². The third kappa shape index (κ3) is 20.9. The van der Waals surface area contributed by atoms with E-state index in [0.29, 0.717) is 12.2 Å². The van der Waals surface area contributed by atoms with Crippen molar-refractivity contribution in [1.29, 1.82) is 0 Å². The van der Waals surface area contributed by atoms with Crippen LogP contribution in [0, 0.1) is 11.8 Å². The van der Waals surface area contributed by atoms with Gasteiger partial charge in [0.15, 0.2) is 5.79 Å². The summed E-state index contributed by atoms with van der Waals surface area (Å²) in [5.41, 5.74) is 0. The van der Waals surface area contributed by atoms with E-state index in [1.54, 1.807) is 0 Å². The third-order valence-corrected chi connectivity index (χ3v) is 10.7. The average Bonchev–Trinajstić information content (AvgIpc) is 3.61. The molecule has 2 rings (SSSR count). The molecule has 2 fully saturated rings. The lowest BCUT2D eigenvalue weighted by atomic mass is 9.94. The Morgan fingerprint density at radius 1 is 0.468 bits per heavy atom. The van der Waals surface area contributed by atoms with Crippen LogP contribution in [-0.2, 0) is 9.47 Å². The highest BCUT2D eigenvalue weighted by Gasteiger charge is 2.51. The molecular weight excluding hydrogens is 572 g/mol. The van der Waals surface area contributed by atoms with Crippen molar-refractivity contribution in [3.8, 4) is 0 Å². The van der Waals surface area contributed by atoms with Crippen molar-refractivity contribution >= 4 is 0 Å². The van der Waals surface area contributed by atoms with Gasteiger partial charge in [-0.25, -0.2) is 0 Å². The van der Waals surface area contributed by atoms with Crippen LogP contribution >= 0.6 is 0 Å². The highest BCUT2D eigenvalue weighted by Crippen LogP contribution is 2.47. The molecule has 0 N–H and O–H groups in total. The Bertz CT molecular complexity index is 756. The zero-order chi connectivity index (χ0) is 33.7. The van der Waals surface area contributed by atoms with Gasteiger partial charge in [0, 0.05) is 12.8 Å². The van der Waals surface area contributed by atoms with Crippen LogP contribution in [0.4, 0.5) is 0 Å². The first kappa shape index (κ1) is 42.0. The van der Waals surface area contributed by atoms with E-state index in [2.05, 4.69) is 76.3 Å². The second kappa shape index (κ2) is 28.7. The van der Waals surface area contributed by atoms with E-state index in [1.165, 1.54) is 154 Å². The van der Waals surface area contributed by atoms with Gasteiger partial charge in [-0.05, 0) is 102 Å². The minimum atomic E-state index is -0.290. The van der Waals surface area contributed by atoms with Crippen molar-refractivity contribution in [3.05, 3.63) is 48.6 Å². The van der Waals surface area contributed by atoms with Crippen LogP contribution in [0.15, 0.2) is 48.6 Å². The van der Waals surface area contributed by atoms with Crippen molar-refractivity contribution in [1.82, 2.24) is 0 Å². The number of unbranched alkanes of at least 4 members (excludes halogenated alkanes) is 18. The van der Waals surface area contributed by atoms with Crippen LogP contribution < -0.4 is 0 Å². The van der Waals surface area contributed by atoms with Gasteiger partial charge < -0.3 is 9.47 Å². The standard InChI is InChI=1S/C45H80O2/c1-5-7-9-11-13-15-17-19-21-23-25-27-29-31-33-35-37-45(46-43-39-42(41(3)4)40-44(43)47-45)38-36-34-32-30-28-26-24-22-20-18-16-14-12-10-8-6-2/h13-16,19-22,41-44H,5-12,17-18,23-40H2,1-4H3/b15-13-,16-14-,21-19-,22-20-/t42-,43+,44-. The predicted octanol–water partition coefficient (Wildman–Crippen LogP) is 14.9. The molecule has 272 valence electrons. The van der Waals surface area contributed by atoms with Gasteiger partial charge in [0.05, 0.1) is 12.2 Å². The predicted molar refractivity (Wildman–Crippen MR) is 208 cm³/mol. The monoisotopic (exact) mass is 653 g/mol. The first-order valence-electron chi connectivity index (χ1n) is 21.1. The lowest BCUT2D eigenvalue weighted by molar-refractivity contribution is -0.193. The molecule has 1 heterocycles. The normalized spacial score (nSPS) is 21.2. The van der Waals surface area contributed by atoms with Gasteiger partial charge in [-0.2, -0.15) is 0 Å². The largest absolute Gasteiger partial charge is 0.344 e. The number of fused-ring (bicyclic) bond motifs is 1. The van der Waals surface area contributed by atoms with Gasteiger partial charge in [-0.1, -0.05) is 153 Å². The molecule has 3 atom stereocenters. The summed E-state index contributed by atoms with van der Waals surface area (Å²) >= 11 is 0. The number of hydrogen-bond acceptors (Lipinski definition) is 2. The molecule has 0 bridgehead atoms. The molecule has 0 radical (unpaired) electrons. The van der Waals surface area contributed by atoms with Gasteiger partial charge >= 0.3 is 0 Å². The molecule has 1 saturated heterocycles. The zero-order valence-corrected chi connectivity index (χ0v) is 32.0. The van der Waals surface area contributed by atoms with Gasteiger partial charge in [-0.3, -0.25) is 0 Å². The van der Waals surface area contributed by atoms with Crippen molar-refractivity contribution in [2.75, 3.05) is 0 Å². The van der Waals surface area contributed by atoms with E-state index in [1.807, 2.05) is 0 Å². The molecule has 1 aliphatic carbocycles. The molecule has 0 aromatic carbocycles. The first-order valence-corrected chi connectivity index (χ1v) is 21.1. The molecular formula is C45H80O2. The quantitative estimate of drug-likeness (QED) is 0.0548. The van der Waals surface area contributed by atoms with Gasteiger partial charge in [0.2, 0.25) is 0 Å². The second-order valence-electron chi connectivity index (χ2n) is 15.4. The minimum Gasteiger partial charge on any atom is -0.344 e. The first-order chi connectivity index (χ1) is 23.1. The van der Waals surface area contributed by atoms with E-state index in [4.69, 9.17) is 9.47 Å². The molecule has 0 unspecified atom stereocenters. The fraction of sp³-hybridized carbons (Fsp3) is 0.822. The van der Waals surface area contributed by atoms with E-state index in [-0.39, 0.29) is 5.79 Å².